The molecule has 0 heterocycles. The number of hydrogen-bond donors (Lipinski definition) is 1. The van der Waals surface area contributed by atoms with E-state index in [0.717, 1.165) is 38.2 Å². The molecule has 0 bridgehead atoms. The second-order valence-corrected chi connectivity index (χ2v) is 9.62. The van der Waals surface area contributed by atoms with Crippen LogP contribution in [0.5, 0.6) is 11.5 Å². The molecule has 0 aliphatic heterocycles. The molecule has 1 fully saturated rings. The van der Waals surface area contributed by atoms with Crippen LogP contribution in [0.2, 0.25) is 0 Å². The number of carbonyl (C=O) groups excluding carboxylic acids is 2. The molecule has 1 aliphatic rings. The Morgan fingerprint density at radius 2 is 1.75 bits per heavy atom. The average molecular weight is 619 g/mol. The van der Waals surface area contributed by atoms with Gasteiger partial charge in [0.2, 0.25) is 5.91 Å². The van der Waals surface area contributed by atoms with Gasteiger partial charge in [0.1, 0.15) is 24.7 Å². The van der Waals surface area contributed by atoms with Gasteiger partial charge in [-0.15, -0.1) is 10.1 Å². The fourth-order valence-corrected chi connectivity index (χ4v) is 3.97. The highest BCUT2D eigenvalue weighted by Crippen LogP contribution is 2.28. The number of alkyl halides is 2. The average Bonchev–Trinajstić information content (AvgIpc) is 3.55. The quantitative estimate of drug-likeness (QED) is 0.0544. The van der Waals surface area contributed by atoms with Crippen LogP contribution in [0, 0.1) is 16.0 Å². The maximum atomic E-state index is 13.6. The third kappa shape index (κ3) is 18.3. The summed E-state index contributed by atoms with van der Waals surface area (Å²) in [5.41, 5.74) is 0.491. The van der Waals surface area contributed by atoms with Gasteiger partial charge in [-0.25, -0.2) is 4.79 Å². The van der Waals surface area contributed by atoms with Crippen LogP contribution in [0.25, 0.3) is 0 Å². The molecule has 0 radical (unpaired) electrons. The topological polar surface area (TPSA) is 117 Å². The SMILES string of the molecule is C/C=C\CCCC(=O)NCC(=O)Oc1cccc(CO[N+](=O)[O-])c1.CC.FC(F)(/C=C/C1CCCC1)COc1ccccc1. The van der Waals surface area contributed by atoms with Gasteiger partial charge in [-0.1, -0.05) is 75.2 Å². The number of unbranched alkanes of at least 4 members (excludes halogenated alkanes) is 1. The first-order valence-electron chi connectivity index (χ1n) is 14.9. The summed E-state index contributed by atoms with van der Waals surface area (Å²) in [4.78, 5) is 37.6. The van der Waals surface area contributed by atoms with Crippen molar-refractivity contribution in [2.75, 3.05) is 13.2 Å². The van der Waals surface area contributed by atoms with E-state index in [0.29, 0.717) is 30.1 Å². The molecule has 0 aromatic heterocycles. The summed E-state index contributed by atoms with van der Waals surface area (Å²) >= 11 is 0. The zero-order valence-corrected chi connectivity index (χ0v) is 25.7. The van der Waals surface area contributed by atoms with Crippen LogP contribution in [0.1, 0.15) is 71.3 Å². The number of allylic oxidation sites excluding steroid dienone is 3. The first-order chi connectivity index (χ1) is 21.2. The minimum absolute atomic E-state index is 0.218. The van der Waals surface area contributed by atoms with Gasteiger partial charge in [0.25, 0.3) is 11.0 Å². The Bertz CT molecular complexity index is 1170. The standard InChI is InChI=1S/C16H20N2O6.C15H18F2O.C2H6/c1-2-3-4-5-9-15(19)17-11-16(20)24-14-8-6-7-13(10-14)12-23-18(21)22;16-15(17,11-10-13-6-4-5-7-13)12-18-14-8-2-1-3-9-14;1-2/h2-3,6-8,10H,4-5,9,11-12H2,1H3,(H,17,19);1-3,8-11,13H,4-7,12H2;1-2H3/b3-2-;11-10+;. The van der Waals surface area contributed by atoms with E-state index >= 15 is 0 Å². The van der Waals surface area contributed by atoms with E-state index in [9.17, 15) is 28.5 Å². The lowest BCUT2D eigenvalue weighted by Crippen LogP contribution is -2.31. The van der Waals surface area contributed by atoms with Crippen LogP contribution in [0.4, 0.5) is 8.78 Å². The Labute approximate surface area is 258 Å². The maximum absolute atomic E-state index is 13.6. The van der Waals surface area contributed by atoms with Crippen molar-refractivity contribution in [2.24, 2.45) is 5.92 Å². The van der Waals surface area contributed by atoms with Gasteiger partial charge in [-0.3, -0.25) is 4.79 Å². The molecule has 9 nitrogen and oxygen atoms in total. The van der Waals surface area contributed by atoms with E-state index in [4.69, 9.17) is 9.47 Å². The van der Waals surface area contributed by atoms with Crippen molar-refractivity contribution in [1.29, 1.82) is 0 Å². The molecule has 0 unspecified atom stereocenters. The number of carbonyl (C=O) groups is 2. The molecule has 1 amide bonds. The lowest BCUT2D eigenvalue weighted by molar-refractivity contribution is -0.763. The summed E-state index contributed by atoms with van der Waals surface area (Å²) in [6.45, 7) is 4.84. The molecular formula is C33H44F2N2O7. The van der Waals surface area contributed by atoms with Gasteiger partial charge in [0.15, 0.2) is 6.61 Å². The van der Waals surface area contributed by atoms with E-state index in [2.05, 4.69) is 10.2 Å². The highest BCUT2D eigenvalue weighted by molar-refractivity contribution is 5.82. The number of hydrogen-bond acceptors (Lipinski definition) is 7. The van der Waals surface area contributed by atoms with Crippen LogP contribution in [-0.2, 0) is 21.0 Å². The van der Waals surface area contributed by atoms with Crippen molar-refractivity contribution in [1.82, 2.24) is 5.32 Å². The van der Waals surface area contributed by atoms with Crippen molar-refractivity contribution < 1.29 is 37.8 Å². The van der Waals surface area contributed by atoms with Crippen molar-refractivity contribution in [3.05, 3.63) is 94.6 Å². The molecule has 1 aliphatic carbocycles. The maximum Gasteiger partial charge on any atom is 0.330 e. The summed E-state index contributed by atoms with van der Waals surface area (Å²) in [7, 11) is 0. The third-order valence-corrected chi connectivity index (χ3v) is 6.09. The highest BCUT2D eigenvalue weighted by atomic mass is 19.3. The molecule has 1 N–H and O–H groups in total. The van der Waals surface area contributed by atoms with Gasteiger partial charge in [-0.2, -0.15) is 8.78 Å². The number of ether oxygens (including phenoxy) is 2. The lowest BCUT2D eigenvalue weighted by Gasteiger charge is -2.14. The van der Waals surface area contributed by atoms with Crippen LogP contribution in [0.3, 0.4) is 0 Å². The number of nitrogens with zero attached hydrogens (tertiary/aromatic N) is 1. The van der Waals surface area contributed by atoms with Gasteiger partial charge in [-0.05, 0) is 74.4 Å². The highest BCUT2D eigenvalue weighted by Gasteiger charge is 2.27. The number of benzene rings is 2. The van der Waals surface area contributed by atoms with Gasteiger partial charge >= 0.3 is 5.97 Å². The fraction of sp³-hybridized carbons (Fsp3) is 0.455. The number of nitrogens with one attached hydrogen (secondary N) is 1. The monoisotopic (exact) mass is 618 g/mol. The molecule has 242 valence electrons. The van der Waals surface area contributed by atoms with E-state index in [-0.39, 0.29) is 24.8 Å². The van der Waals surface area contributed by atoms with E-state index in [1.807, 2.05) is 39.0 Å². The third-order valence-electron chi connectivity index (χ3n) is 6.09. The summed E-state index contributed by atoms with van der Waals surface area (Å²) in [5, 5.41) is 11.7. The summed E-state index contributed by atoms with van der Waals surface area (Å²) in [5.74, 6) is -2.70. The Balaban J connectivity index is 0.000000430. The van der Waals surface area contributed by atoms with Crippen molar-refractivity contribution in [2.45, 2.75) is 78.2 Å². The molecule has 1 saturated carbocycles. The first kappa shape index (κ1) is 37.7. The summed E-state index contributed by atoms with van der Waals surface area (Å²) in [6, 6.07) is 14.9. The summed E-state index contributed by atoms with van der Waals surface area (Å²) < 4.78 is 37.3. The minimum atomic E-state index is -2.89. The smallest absolute Gasteiger partial charge is 0.330 e. The Kier molecular flexibility index (Phi) is 19.1. The van der Waals surface area contributed by atoms with Crippen LogP contribution in [-0.4, -0.2) is 36.0 Å². The zero-order chi connectivity index (χ0) is 32.6. The van der Waals surface area contributed by atoms with Gasteiger partial charge in [0.05, 0.1) is 0 Å². The Morgan fingerprint density at radius 1 is 1.07 bits per heavy atom. The van der Waals surface area contributed by atoms with Gasteiger partial charge < -0.3 is 19.6 Å². The second-order valence-electron chi connectivity index (χ2n) is 9.62. The second kappa shape index (κ2) is 22.3. The molecule has 11 heteroatoms. The molecule has 44 heavy (non-hydrogen) atoms. The Hall–Kier alpha value is -4.28. The normalized spacial score (nSPS) is 12.9. The van der Waals surface area contributed by atoms with E-state index < -0.39 is 23.6 Å². The minimum Gasteiger partial charge on any atom is -0.487 e. The number of halogens is 2. The molecule has 2 aromatic carbocycles. The van der Waals surface area contributed by atoms with Crippen LogP contribution >= 0.6 is 0 Å². The van der Waals surface area contributed by atoms with Crippen molar-refractivity contribution in [3.8, 4) is 11.5 Å². The molecule has 0 spiro atoms. The number of esters is 1. The van der Waals surface area contributed by atoms with Gasteiger partial charge in [0, 0.05) is 6.42 Å². The lowest BCUT2D eigenvalue weighted by atomic mass is 10.1. The van der Waals surface area contributed by atoms with Crippen molar-refractivity contribution in [3.63, 3.8) is 0 Å². The predicted molar refractivity (Wildman–Crippen MR) is 165 cm³/mol. The molecule has 2 aromatic rings. The molecule has 3 rings (SSSR count). The summed E-state index contributed by atoms with van der Waals surface area (Å²) in [6.07, 6.45) is 12.8. The predicted octanol–water partition coefficient (Wildman–Crippen LogP) is 7.64. The molecule has 0 atom stereocenters. The number of amides is 1. The molecule has 0 saturated heterocycles. The Morgan fingerprint density at radius 3 is 2.41 bits per heavy atom. The zero-order valence-electron chi connectivity index (χ0n) is 25.7. The van der Waals surface area contributed by atoms with Crippen molar-refractivity contribution >= 4 is 11.9 Å². The van der Waals surface area contributed by atoms with E-state index in [1.165, 1.54) is 12.1 Å². The fourth-order valence-electron chi connectivity index (χ4n) is 3.97. The number of rotatable bonds is 15. The van der Waals surface area contributed by atoms with Crippen LogP contribution in [0.15, 0.2) is 78.9 Å². The van der Waals surface area contributed by atoms with Crippen LogP contribution < -0.4 is 14.8 Å². The number of para-hydroxylation sites is 1. The van der Waals surface area contributed by atoms with E-state index in [1.54, 1.807) is 42.5 Å². The largest absolute Gasteiger partial charge is 0.487 e. The first-order valence-corrected chi connectivity index (χ1v) is 14.9. The molecular weight excluding hydrogens is 574 g/mol.